The van der Waals surface area contributed by atoms with Crippen LogP contribution in [0, 0.1) is 0 Å². The summed E-state index contributed by atoms with van der Waals surface area (Å²) < 4.78 is 0. The predicted molar refractivity (Wildman–Crippen MR) is 203 cm³/mol. The normalized spacial score (nSPS) is 14.6. The number of rotatable bonds is 4. The van der Waals surface area contributed by atoms with Crippen molar-refractivity contribution in [3.63, 3.8) is 0 Å². The molecule has 7 aromatic carbocycles. The Morgan fingerprint density at radius 3 is 0.979 bits per heavy atom. The van der Waals surface area contributed by atoms with Gasteiger partial charge in [0.1, 0.15) is 0 Å². The van der Waals surface area contributed by atoms with E-state index in [-0.39, 0.29) is 10.8 Å². The molecule has 0 bridgehead atoms. The van der Waals surface area contributed by atoms with E-state index in [4.69, 9.17) is 0 Å². The zero-order valence-electron chi connectivity index (χ0n) is 28.0. The first-order chi connectivity index (χ1) is 23.3. The van der Waals surface area contributed by atoms with E-state index in [1.165, 1.54) is 89.0 Å². The number of hydrogen-bond acceptors (Lipinski definition) is 0. The molecule has 230 valence electrons. The van der Waals surface area contributed by atoms with Gasteiger partial charge in [0, 0.05) is 10.8 Å². The Hall–Kier alpha value is -5.46. The average Bonchev–Trinajstić information content (AvgIpc) is 3.52. The molecule has 0 unspecified atom stereocenters. The van der Waals surface area contributed by atoms with Crippen LogP contribution in [0.1, 0.15) is 49.9 Å². The van der Waals surface area contributed by atoms with Crippen molar-refractivity contribution in [1.29, 1.82) is 0 Å². The maximum atomic E-state index is 2.38. The highest BCUT2D eigenvalue weighted by Crippen LogP contribution is 2.53. The molecule has 48 heavy (non-hydrogen) atoms. The summed E-state index contributed by atoms with van der Waals surface area (Å²) in [5.74, 6) is 0. The van der Waals surface area contributed by atoms with E-state index in [9.17, 15) is 0 Å². The number of fused-ring (bicyclic) bond motifs is 6. The standard InChI is InChI=1S/C48H38/c1-47(2)41-25-9-7-21-39(41)45-37(23-13-27-43(45)47)33-17-11-15-31(29-33)35-19-5-6-20-36(35)32-16-12-18-34(30-32)38-24-14-28-44-46(38)40-22-8-10-26-42(40)48(44,3)4/h5-30H,1-4H3. The molecule has 0 N–H and O–H groups in total. The predicted octanol–water partition coefficient (Wildman–Crippen LogP) is 13.0. The third kappa shape index (κ3) is 4.15. The van der Waals surface area contributed by atoms with E-state index < -0.39 is 0 Å². The lowest BCUT2D eigenvalue weighted by Gasteiger charge is -2.21. The second kappa shape index (κ2) is 10.5. The first kappa shape index (κ1) is 28.7. The minimum atomic E-state index is -0.0200. The third-order valence-electron chi connectivity index (χ3n) is 11.1. The molecular weight excluding hydrogens is 577 g/mol. The second-order valence-corrected chi connectivity index (χ2v) is 14.5. The summed E-state index contributed by atoms with van der Waals surface area (Å²) in [6.07, 6.45) is 0. The fourth-order valence-corrected chi connectivity index (χ4v) is 8.69. The Kier molecular flexibility index (Phi) is 6.30. The quantitative estimate of drug-likeness (QED) is 0.185. The Morgan fingerprint density at radius 1 is 0.271 bits per heavy atom. The lowest BCUT2D eigenvalue weighted by molar-refractivity contribution is 0.660. The molecule has 0 radical (unpaired) electrons. The van der Waals surface area contributed by atoms with Gasteiger partial charge in [0.05, 0.1) is 0 Å². The molecule has 0 saturated carbocycles. The molecule has 0 aliphatic heterocycles. The maximum Gasteiger partial charge on any atom is 0.0159 e. The molecule has 0 heterocycles. The van der Waals surface area contributed by atoms with Gasteiger partial charge in [-0.3, -0.25) is 0 Å². The molecule has 9 rings (SSSR count). The molecule has 0 spiro atoms. The zero-order valence-corrected chi connectivity index (χ0v) is 28.0. The minimum Gasteiger partial charge on any atom is -0.0619 e. The van der Waals surface area contributed by atoms with E-state index in [1.807, 2.05) is 0 Å². The molecular formula is C48H38. The van der Waals surface area contributed by atoms with E-state index >= 15 is 0 Å². The topological polar surface area (TPSA) is 0 Å². The maximum absolute atomic E-state index is 2.38. The number of hydrogen-bond donors (Lipinski definition) is 0. The first-order valence-electron chi connectivity index (χ1n) is 17.1. The van der Waals surface area contributed by atoms with Crippen molar-refractivity contribution in [3.8, 4) is 66.8 Å². The van der Waals surface area contributed by atoms with Crippen LogP contribution in [0.2, 0.25) is 0 Å². The van der Waals surface area contributed by atoms with Crippen molar-refractivity contribution >= 4 is 0 Å². The Bertz CT molecular complexity index is 2230. The van der Waals surface area contributed by atoms with Crippen LogP contribution >= 0.6 is 0 Å². The summed E-state index contributed by atoms with van der Waals surface area (Å²) in [4.78, 5) is 0. The van der Waals surface area contributed by atoms with Gasteiger partial charge in [-0.05, 0) is 101 Å². The fraction of sp³-hybridized carbons (Fsp3) is 0.125. The summed E-state index contributed by atoms with van der Waals surface area (Å²) in [7, 11) is 0. The molecule has 0 heteroatoms. The van der Waals surface area contributed by atoms with Crippen molar-refractivity contribution in [3.05, 3.63) is 180 Å². The van der Waals surface area contributed by atoms with Crippen molar-refractivity contribution in [2.75, 3.05) is 0 Å². The van der Waals surface area contributed by atoms with Crippen molar-refractivity contribution in [1.82, 2.24) is 0 Å². The van der Waals surface area contributed by atoms with Crippen LogP contribution in [0.5, 0.6) is 0 Å². The van der Waals surface area contributed by atoms with Gasteiger partial charge in [-0.15, -0.1) is 0 Å². The van der Waals surface area contributed by atoms with E-state index in [0.29, 0.717) is 0 Å². The monoisotopic (exact) mass is 614 g/mol. The highest BCUT2D eigenvalue weighted by molar-refractivity contribution is 5.96. The molecule has 0 nitrogen and oxygen atoms in total. The van der Waals surface area contributed by atoms with Crippen LogP contribution in [0.15, 0.2) is 158 Å². The van der Waals surface area contributed by atoms with Gasteiger partial charge < -0.3 is 0 Å². The average molecular weight is 615 g/mol. The Morgan fingerprint density at radius 2 is 0.562 bits per heavy atom. The molecule has 0 atom stereocenters. The lowest BCUT2D eigenvalue weighted by atomic mass is 9.82. The molecule has 7 aromatic rings. The highest BCUT2D eigenvalue weighted by atomic mass is 14.4. The first-order valence-corrected chi connectivity index (χ1v) is 17.1. The summed E-state index contributed by atoms with van der Waals surface area (Å²) in [5.41, 5.74) is 21.1. The van der Waals surface area contributed by atoms with Crippen LogP contribution in [0.4, 0.5) is 0 Å². The van der Waals surface area contributed by atoms with E-state index in [1.54, 1.807) is 0 Å². The second-order valence-electron chi connectivity index (χ2n) is 14.5. The highest BCUT2D eigenvalue weighted by Gasteiger charge is 2.37. The van der Waals surface area contributed by atoms with Gasteiger partial charge in [0.2, 0.25) is 0 Å². The van der Waals surface area contributed by atoms with E-state index in [2.05, 4.69) is 185 Å². The van der Waals surface area contributed by atoms with Gasteiger partial charge in [0.25, 0.3) is 0 Å². The van der Waals surface area contributed by atoms with Gasteiger partial charge in [-0.25, -0.2) is 0 Å². The fourth-order valence-electron chi connectivity index (χ4n) is 8.69. The van der Waals surface area contributed by atoms with Crippen LogP contribution in [-0.2, 0) is 10.8 Å². The van der Waals surface area contributed by atoms with Gasteiger partial charge >= 0.3 is 0 Å². The summed E-state index contributed by atoms with van der Waals surface area (Å²) in [5, 5.41) is 0. The molecule has 0 aromatic heterocycles. The van der Waals surface area contributed by atoms with Crippen molar-refractivity contribution in [2.24, 2.45) is 0 Å². The summed E-state index contributed by atoms with van der Waals surface area (Å²) in [6, 6.07) is 58.7. The summed E-state index contributed by atoms with van der Waals surface area (Å²) in [6.45, 7) is 9.41. The number of benzene rings is 7. The van der Waals surface area contributed by atoms with Crippen LogP contribution < -0.4 is 0 Å². The smallest absolute Gasteiger partial charge is 0.0159 e. The Labute approximate surface area is 284 Å². The molecule has 2 aliphatic carbocycles. The minimum absolute atomic E-state index is 0.0200. The third-order valence-corrected chi connectivity index (χ3v) is 11.1. The van der Waals surface area contributed by atoms with Crippen molar-refractivity contribution < 1.29 is 0 Å². The van der Waals surface area contributed by atoms with Gasteiger partial charge in [-0.1, -0.05) is 173 Å². The van der Waals surface area contributed by atoms with Gasteiger partial charge in [0.15, 0.2) is 0 Å². The molecule has 0 saturated heterocycles. The van der Waals surface area contributed by atoms with Crippen LogP contribution in [0.25, 0.3) is 66.8 Å². The Balaban J connectivity index is 1.16. The zero-order chi connectivity index (χ0) is 32.6. The summed E-state index contributed by atoms with van der Waals surface area (Å²) >= 11 is 0. The van der Waals surface area contributed by atoms with Gasteiger partial charge in [-0.2, -0.15) is 0 Å². The molecule has 2 aliphatic rings. The van der Waals surface area contributed by atoms with E-state index in [0.717, 1.165) is 0 Å². The molecule has 0 fully saturated rings. The SMILES string of the molecule is CC1(C)c2ccccc2-c2c(-c3cccc(-c4ccccc4-c4cccc(-c5cccc6c5-c5ccccc5C6(C)C)c4)c3)cccc21. The lowest BCUT2D eigenvalue weighted by Crippen LogP contribution is -2.14. The van der Waals surface area contributed by atoms with Crippen molar-refractivity contribution in [2.45, 2.75) is 38.5 Å². The molecule has 0 amide bonds. The van der Waals surface area contributed by atoms with Crippen LogP contribution in [-0.4, -0.2) is 0 Å². The van der Waals surface area contributed by atoms with Crippen LogP contribution in [0.3, 0.4) is 0 Å². The largest absolute Gasteiger partial charge is 0.0619 e.